The van der Waals surface area contributed by atoms with Crippen LogP contribution < -0.4 is 10.6 Å². The van der Waals surface area contributed by atoms with E-state index in [1.54, 1.807) is 0 Å². The molecular weight excluding hydrogens is 200 g/mol. The molecular formula is C12H22N4. The zero-order chi connectivity index (χ0) is 12.1. The summed E-state index contributed by atoms with van der Waals surface area (Å²) in [5.74, 6) is 3.17. The Balaban J connectivity index is 2.73. The molecule has 90 valence electrons. The number of nitrogens with one attached hydrogen (secondary N) is 2. The van der Waals surface area contributed by atoms with E-state index in [9.17, 15) is 0 Å². The second kappa shape index (κ2) is 5.68. The van der Waals surface area contributed by atoms with Crippen LogP contribution in [-0.2, 0) is 0 Å². The van der Waals surface area contributed by atoms with Crippen LogP contribution in [-0.4, -0.2) is 22.6 Å². The quantitative estimate of drug-likeness (QED) is 0.804. The second-order valence-corrected chi connectivity index (χ2v) is 4.76. The molecule has 1 rings (SSSR count). The van der Waals surface area contributed by atoms with Crippen LogP contribution in [0.2, 0.25) is 0 Å². The lowest BCUT2D eigenvalue weighted by Gasteiger charge is -2.13. The molecule has 0 saturated carbocycles. The maximum absolute atomic E-state index is 4.35. The van der Waals surface area contributed by atoms with Gasteiger partial charge in [-0.1, -0.05) is 13.8 Å². The average molecular weight is 222 g/mol. The van der Waals surface area contributed by atoms with Crippen molar-refractivity contribution >= 4 is 11.6 Å². The molecule has 2 N–H and O–H groups in total. The zero-order valence-electron chi connectivity index (χ0n) is 10.8. The van der Waals surface area contributed by atoms with Gasteiger partial charge < -0.3 is 10.6 Å². The van der Waals surface area contributed by atoms with Gasteiger partial charge in [0.1, 0.15) is 17.5 Å². The molecule has 0 spiro atoms. The number of nitrogens with zero attached hydrogens (tertiary/aromatic N) is 2. The van der Waals surface area contributed by atoms with Crippen LogP contribution in [0.15, 0.2) is 6.07 Å². The predicted molar refractivity (Wildman–Crippen MR) is 68.9 cm³/mol. The third-order valence-electron chi connectivity index (χ3n) is 1.97. The number of hydrogen-bond acceptors (Lipinski definition) is 4. The van der Waals surface area contributed by atoms with Crippen molar-refractivity contribution in [2.45, 2.75) is 40.7 Å². The van der Waals surface area contributed by atoms with Crippen LogP contribution in [0.4, 0.5) is 11.6 Å². The van der Waals surface area contributed by atoms with E-state index < -0.39 is 0 Å². The molecule has 1 aromatic rings. The lowest BCUT2D eigenvalue weighted by Crippen LogP contribution is -2.14. The maximum atomic E-state index is 4.35. The third-order valence-corrected chi connectivity index (χ3v) is 1.97. The van der Waals surface area contributed by atoms with Crippen molar-refractivity contribution in [1.29, 1.82) is 0 Å². The smallest absolute Gasteiger partial charge is 0.131 e. The van der Waals surface area contributed by atoms with Crippen molar-refractivity contribution in [1.82, 2.24) is 9.97 Å². The minimum Gasteiger partial charge on any atom is -0.370 e. The molecule has 16 heavy (non-hydrogen) atoms. The van der Waals surface area contributed by atoms with E-state index in [2.05, 4.69) is 48.3 Å². The van der Waals surface area contributed by atoms with E-state index in [-0.39, 0.29) is 0 Å². The molecule has 0 radical (unpaired) electrons. The van der Waals surface area contributed by atoms with Gasteiger partial charge >= 0.3 is 0 Å². The Hall–Kier alpha value is -1.32. The summed E-state index contributed by atoms with van der Waals surface area (Å²) in [6.45, 7) is 11.4. The standard InChI is InChI=1S/C12H22N4/c1-8(2)7-13-11-6-12(14-9(3)4)16-10(5)15-11/h6,8-9H,7H2,1-5H3,(H2,13,14,15,16). The highest BCUT2D eigenvalue weighted by atomic mass is 15.1. The Morgan fingerprint density at radius 3 is 2.31 bits per heavy atom. The van der Waals surface area contributed by atoms with Gasteiger partial charge in [0.15, 0.2) is 0 Å². The van der Waals surface area contributed by atoms with E-state index in [0.717, 1.165) is 24.0 Å². The summed E-state index contributed by atoms with van der Waals surface area (Å²) in [5.41, 5.74) is 0. The highest BCUT2D eigenvalue weighted by Gasteiger charge is 2.03. The Morgan fingerprint density at radius 2 is 1.75 bits per heavy atom. The fraction of sp³-hybridized carbons (Fsp3) is 0.667. The van der Waals surface area contributed by atoms with Crippen LogP contribution in [0.1, 0.15) is 33.5 Å². The Kier molecular flexibility index (Phi) is 4.52. The summed E-state index contributed by atoms with van der Waals surface area (Å²) in [5, 5.41) is 6.59. The molecule has 0 atom stereocenters. The molecule has 0 unspecified atom stereocenters. The van der Waals surface area contributed by atoms with Gasteiger partial charge in [0.25, 0.3) is 0 Å². The van der Waals surface area contributed by atoms with E-state index >= 15 is 0 Å². The first-order valence-corrected chi connectivity index (χ1v) is 5.83. The monoisotopic (exact) mass is 222 g/mol. The van der Waals surface area contributed by atoms with Crippen molar-refractivity contribution in [2.24, 2.45) is 5.92 Å². The van der Waals surface area contributed by atoms with Gasteiger partial charge in [-0.05, 0) is 26.7 Å². The van der Waals surface area contributed by atoms with Gasteiger partial charge in [0.05, 0.1) is 0 Å². The van der Waals surface area contributed by atoms with Crippen molar-refractivity contribution in [3.8, 4) is 0 Å². The summed E-state index contributed by atoms with van der Waals surface area (Å²) in [4.78, 5) is 8.69. The van der Waals surface area contributed by atoms with Crippen molar-refractivity contribution in [3.63, 3.8) is 0 Å². The Morgan fingerprint density at radius 1 is 1.12 bits per heavy atom. The number of hydrogen-bond donors (Lipinski definition) is 2. The molecule has 1 heterocycles. The topological polar surface area (TPSA) is 49.8 Å². The minimum absolute atomic E-state index is 0.382. The maximum Gasteiger partial charge on any atom is 0.131 e. The van der Waals surface area contributed by atoms with Gasteiger partial charge in [-0.25, -0.2) is 9.97 Å². The van der Waals surface area contributed by atoms with E-state index in [4.69, 9.17) is 0 Å². The van der Waals surface area contributed by atoms with Gasteiger partial charge in [-0.15, -0.1) is 0 Å². The number of anilines is 2. The highest BCUT2D eigenvalue weighted by Crippen LogP contribution is 2.12. The predicted octanol–water partition coefficient (Wildman–Crippen LogP) is 2.67. The summed E-state index contributed by atoms with van der Waals surface area (Å²) < 4.78 is 0. The normalized spacial score (nSPS) is 10.9. The minimum atomic E-state index is 0.382. The molecule has 4 heteroatoms. The molecule has 4 nitrogen and oxygen atoms in total. The van der Waals surface area contributed by atoms with Gasteiger partial charge in [0.2, 0.25) is 0 Å². The molecule has 0 aliphatic heterocycles. The molecule has 1 aromatic heterocycles. The molecule has 0 aliphatic rings. The first-order valence-electron chi connectivity index (χ1n) is 5.83. The lowest BCUT2D eigenvalue weighted by atomic mass is 10.2. The van der Waals surface area contributed by atoms with Crippen molar-refractivity contribution in [2.75, 3.05) is 17.2 Å². The van der Waals surface area contributed by atoms with Crippen molar-refractivity contribution < 1.29 is 0 Å². The fourth-order valence-corrected chi connectivity index (χ4v) is 1.34. The summed E-state index contributed by atoms with van der Waals surface area (Å²) in [7, 11) is 0. The largest absolute Gasteiger partial charge is 0.370 e. The summed E-state index contributed by atoms with van der Waals surface area (Å²) in [6.07, 6.45) is 0. The third kappa shape index (κ3) is 4.47. The van der Waals surface area contributed by atoms with Crippen LogP contribution >= 0.6 is 0 Å². The first-order chi connectivity index (χ1) is 7.47. The Labute approximate surface area is 97.9 Å². The van der Waals surface area contributed by atoms with E-state index in [1.807, 2.05) is 13.0 Å². The molecule has 0 amide bonds. The van der Waals surface area contributed by atoms with Gasteiger partial charge in [-0.2, -0.15) is 0 Å². The van der Waals surface area contributed by atoms with E-state index in [1.165, 1.54) is 0 Å². The van der Waals surface area contributed by atoms with Crippen LogP contribution in [0, 0.1) is 12.8 Å². The molecule has 0 bridgehead atoms. The average Bonchev–Trinajstić information content (AvgIpc) is 2.12. The highest BCUT2D eigenvalue weighted by molar-refractivity contribution is 5.47. The number of aromatic nitrogens is 2. The van der Waals surface area contributed by atoms with Gasteiger partial charge in [-0.3, -0.25) is 0 Å². The van der Waals surface area contributed by atoms with Crippen LogP contribution in [0.25, 0.3) is 0 Å². The number of rotatable bonds is 5. The Bertz CT molecular complexity index is 334. The lowest BCUT2D eigenvalue weighted by molar-refractivity contribution is 0.686. The van der Waals surface area contributed by atoms with Crippen molar-refractivity contribution in [3.05, 3.63) is 11.9 Å². The molecule has 0 aliphatic carbocycles. The van der Waals surface area contributed by atoms with E-state index in [0.29, 0.717) is 12.0 Å². The molecule has 0 saturated heterocycles. The second-order valence-electron chi connectivity index (χ2n) is 4.76. The molecule has 0 aromatic carbocycles. The first kappa shape index (κ1) is 12.7. The van der Waals surface area contributed by atoms with Crippen LogP contribution in [0.3, 0.4) is 0 Å². The SMILES string of the molecule is Cc1nc(NCC(C)C)cc(NC(C)C)n1. The number of aryl methyl sites for hydroxylation is 1. The van der Waals surface area contributed by atoms with Gasteiger partial charge in [0, 0.05) is 18.7 Å². The fourth-order valence-electron chi connectivity index (χ4n) is 1.34. The molecule has 0 fully saturated rings. The summed E-state index contributed by atoms with van der Waals surface area (Å²) in [6, 6.07) is 2.34. The summed E-state index contributed by atoms with van der Waals surface area (Å²) >= 11 is 0. The van der Waals surface area contributed by atoms with Crippen LogP contribution in [0.5, 0.6) is 0 Å². The zero-order valence-corrected chi connectivity index (χ0v) is 10.8.